The van der Waals surface area contributed by atoms with Crippen LogP contribution in [-0.2, 0) is 9.59 Å². The number of hydrogen-bond acceptors (Lipinski definition) is 4. The Morgan fingerprint density at radius 2 is 2.00 bits per heavy atom. The molecule has 130 valence electrons. The molecule has 0 aromatic heterocycles. The van der Waals surface area contributed by atoms with Crippen LogP contribution in [0.25, 0.3) is 0 Å². The number of carbonyl (C=O) groups is 2. The Labute approximate surface area is 147 Å². The third-order valence-electron chi connectivity index (χ3n) is 4.19. The van der Waals surface area contributed by atoms with Crippen molar-refractivity contribution in [3.8, 4) is 5.75 Å². The summed E-state index contributed by atoms with van der Waals surface area (Å²) >= 11 is 0. The maximum atomic E-state index is 12.6. The van der Waals surface area contributed by atoms with Gasteiger partial charge < -0.3 is 15.0 Å². The summed E-state index contributed by atoms with van der Waals surface area (Å²) in [6.07, 6.45) is 0. The molecule has 5 nitrogen and oxygen atoms in total. The van der Waals surface area contributed by atoms with Gasteiger partial charge in [0, 0.05) is 5.69 Å². The van der Waals surface area contributed by atoms with Gasteiger partial charge in [-0.2, -0.15) is 0 Å². The van der Waals surface area contributed by atoms with Crippen molar-refractivity contribution >= 4 is 23.3 Å². The summed E-state index contributed by atoms with van der Waals surface area (Å²) in [6, 6.07) is 13.3. The molecule has 2 aromatic carbocycles. The average Bonchev–Trinajstić information content (AvgIpc) is 2.55. The molecule has 0 atom stereocenters. The second-order valence-electron chi connectivity index (χ2n) is 6.59. The predicted molar refractivity (Wildman–Crippen MR) is 98.2 cm³/mol. The molecule has 1 aliphatic heterocycles. The third kappa shape index (κ3) is 3.82. The molecule has 0 bridgehead atoms. The Kier molecular flexibility index (Phi) is 4.74. The average molecular weight is 338 g/mol. The summed E-state index contributed by atoms with van der Waals surface area (Å²) in [5.41, 5.74) is 3.72. The highest BCUT2D eigenvalue weighted by Crippen LogP contribution is 2.32. The van der Waals surface area contributed by atoms with Gasteiger partial charge in [0.1, 0.15) is 6.54 Å². The van der Waals surface area contributed by atoms with Gasteiger partial charge in [0.05, 0.1) is 12.2 Å². The number of benzene rings is 2. The van der Waals surface area contributed by atoms with E-state index in [1.54, 1.807) is 11.0 Å². The van der Waals surface area contributed by atoms with E-state index in [0.29, 0.717) is 11.7 Å². The summed E-state index contributed by atoms with van der Waals surface area (Å²) in [6.45, 7) is 6.30. The number of anilines is 2. The van der Waals surface area contributed by atoms with Gasteiger partial charge in [0.15, 0.2) is 5.75 Å². The summed E-state index contributed by atoms with van der Waals surface area (Å²) < 4.78 is 5.26. The van der Waals surface area contributed by atoms with Crippen LogP contribution in [0.4, 0.5) is 11.4 Å². The van der Waals surface area contributed by atoms with Gasteiger partial charge in [-0.25, -0.2) is 4.79 Å². The van der Waals surface area contributed by atoms with Crippen LogP contribution in [0.3, 0.4) is 0 Å². The van der Waals surface area contributed by atoms with Crippen molar-refractivity contribution in [2.45, 2.75) is 26.7 Å². The van der Waals surface area contributed by atoms with Gasteiger partial charge in [-0.3, -0.25) is 4.79 Å². The zero-order valence-electron chi connectivity index (χ0n) is 14.7. The highest BCUT2D eigenvalue weighted by atomic mass is 16.5. The normalized spacial score (nSPS) is 13.4. The molecule has 0 spiro atoms. The molecule has 0 fully saturated rings. The summed E-state index contributed by atoms with van der Waals surface area (Å²) in [5.74, 6) is 0.295. The molecule has 0 saturated heterocycles. The van der Waals surface area contributed by atoms with E-state index in [1.807, 2.05) is 43.3 Å². The van der Waals surface area contributed by atoms with Gasteiger partial charge in [-0.05, 0) is 42.2 Å². The number of esters is 1. The number of amides is 1. The maximum Gasteiger partial charge on any atom is 0.331 e. The molecule has 3 rings (SSSR count). The van der Waals surface area contributed by atoms with E-state index in [1.165, 1.54) is 0 Å². The first-order valence-corrected chi connectivity index (χ1v) is 8.39. The molecule has 25 heavy (non-hydrogen) atoms. The number of hydrogen-bond donors (Lipinski definition) is 1. The van der Waals surface area contributed by atoms with Crippen LogP contribution in [0.1, 0.15) is 30.9 Å². The van der Waals surface area contributed by atoms with Gasteiger partial charge in [-0.1, -0.05) is 38.1 Å². The van der Waals surface area contributed by atoms with Crippen molar-refractivity contribution in [3.05, 3.63) is 53.6 Å². The molecular weight excluding hydrogens is 316 g/mol. The number of fused-ring (bicyclic) bond motifs is 1. The molecule has 1 heterocycles. The maximum absolute atomic E-state index is 12.6. The standard InChI is InChI=1S/C20H22N2O3/c1-13(2)15-6-4-5-7-16(15)21-19(23)11-22-12-20(24)25-18-9-8-14(3)10-17(18)22/h4-10,13H,11-12H2,1-3H3,(H,21,23). The lowest BCUT2D eigenvalue weighted by atomic mass is 10.0. The van der Waals surface area contributed by atoms with Gasteiger partial charge in [0.2, 0.25) is 5.91 Å². The number of ether oxygens (including phenoxy) is 1. The zero-order valence-corrected chi connectivity index (χ0v) is 14.7. The number of para-hydroxylation sites is 1. The number of rotatable bonds is 4. The molecule has 0 radical (unpaired) electrons. The quantitative estimate of drug-likeness (QED) is 0.685. The molecule has 0 aliphatic carbocycles. The lowest BCUT2D eigenvalue weighted by Crippen LogP contribution is -2.41. The molecule has 0 saturated carbocycles. The largest absolute Gasteiger partial charge is 0.423 e. The summed E-state index contributed by atoms with van der Waals surface area (Å²) in [7, 11) is 0. The van der Waals surface area contributed by atoms with Crippen molar-refractivity contribution in [2.75, 3.05) is 23.3 Å². The fourth-order valence-electron chi connectivity index (χ4n) is 2.98. The van der Waals surface area contributed by atoms with Gasteiger partial charge in [-0.15, -0.1) is 0 Å². The van der Waals surface area contributed by atoms with E-state index in [9.17, 15) is 9.59 Å². The van der Waals surface area contributed by atoms with E-state index >= 15 is 0 Å². The van der Waals surface area contributed by atoms with Crippen molar-refractivity contribution in [2.24, 2.45) is 0 Å². The monoisotopic (exact) mass is 338 g/mol. The van der Waals surface area contributed by atoms with E-state index < -0.39 is 0 Å². The van der Waals surface area contributed by atoms with Gasteiger partial charge in [0.25, 0.3) is 0 Å². The number of nitrogens with zero attached hydrogens (tertiary/aromatic N) is 1. The van der Waals surface area contributed by atoms with Crippen molar-refractivity contribution in [1.29, 1.82) is 0 Å². The minimum Gasteiger partial charge on any atom is -0.423 e. The Morgan fingerprint density at radius 1 is 1.24 bits per heavy atom. The van der Waals surface area contributed by atoms with Crippen LogP contribution in [0, 0.1) is 6.92 Å². The number of aryl methyl sites for hydroxylation is 1. The molecule has 2 aromatic rings. The Balaban J connectivity index is 1.78. The van der Waals surface area contributed by atoms with E-state index in [-0.39, 0.29) is 25.0 Å². The number of carbonyl (C=O) groups excluding carboxylic acids is 2. The molecular formula is C20H22N2O3. The Hall–Kier alpha value is -2.82. The molecule has 5 heteroatoms. The number of nitrogens with one attached hydrogen (secondary N) is 1. The van der Waals surface area contributed by atoms with Crippen molar-refractivity contribution < 1.29 is 14.3 Å². The highest BCUT2D eigenvalue weighted by Gasteiger charge is 2.26. The third-order valence-corrected chi connectivity index (χ3v) is 4.19. The second-order valence-corrected chi connectivity index (χ2v) is 6.59. The molecule has 0 unspecified atom stereocenters. The van der Waals surface area contributed by atoms with Crippen molar-refractivity contribution in [1.82, 2.24) is 0 Å². The predicted octanol–water partition coefficient (Wildman–Crippen LogP) is 3.48. The van der Waals surface area contributed by atoms with Crippen LogP contribution in [0.15, 0.2) is 42.5 Å². The molecule has 1 amide bonds. The minimum atomic E-state index is -0.355. The summed E-state index contributed by atoms with van der Waals surface area (Å²) in [4.78, 5) is 26.1. The smallest absolute Gasteiger partial charge is 0.331 e. The minimum absolute atomic E-state index is 0.0652. The lowest BCUT2D eigenvalue weighted by Gasteiger charge is -2.29. The van der Waals surface area contributed by atoms with Crippen LogP contribution in [0.2, 0.25) is 0 Å². The second kappa shape index (κ2) is 6.97. The molecule has 1 aliphatic rings. The van der Waals surface area contributed by atoms with Crippen molar-refractivity contribution in [3.63, 3.8) is 0 Å². The van der Waals surface area contributed by atoms with E-state index in [2.05, 4.69) is 19.2 Å². The van der Waals surface area contributed by atoms with Gasteiger partial charge >= 0.3 is 5.97 Å². The highest BCUT2D eigenvalue weighted by molar-refractivity contribution is 5.97. The summed E-state index contributed by atoms with van der Waals surface area (Å²) in [5, 5.41) is 2.97. The topological polar surface area (TPSA) is 58.6 Å². The fourth-order valence-corrected chi connectivity index (χ4v) is 2.98. The first kappa shape index (κ1) is 17.0. The Morgan fingerprint density at radius 3 is 2.76 bits per heavy atom. The van der Waals surface area contributed by atoms with E-state index in [4.69, 9.17) is 4.74 Å². The fraction of sp³-hybridized carbons (Fsp3) is 0.300. The SMILES string of the molecule is Cc1ccc2c(c1)N(CC(=O)Nc1ccccc1C(C)C)CC(=O)O2. The first-order valence-electron chi connectivity index (χ1n) is 8.39. The lowest BCUT2D eigenvalue weighted by molar-refractivity contribution is -0.133. The van der Waals surface area contributed by atoms with Crippen LogP contribution in [-0.4, -0.2) is 25.0 Å². The first-order chi connectivity index (χ1) is 11.9. The zero-order chi connectivity index (χ0) is 18.0. The van der Waals surface area contributed by atoms with Crippen LogP contribution < -0.4 is 15.0 Å². The molecule has 1 N–H and O–H groups in total. The van der Waals surface area contributed by atoms with Crippen LogP contribution >= 0.6 is 0 Å². The Bertz CT molecular complexity index is 814. The van der Waals surface area contributed by atoms with Crippen LogP contribution in [0.5, 0.6) is 5.75 Å². The van der Waals surface area contributed by atoms with E-state index in [0.717, 1.165) is 22.5 Å².